The van der Waals surface area contributed by atoms with Crippen LogP contribution in [0.4, 0.5) is 5.69 Å². The van der Waals surface area contributed by atoms with Gasteiger partial charge in [0.2, 0.25) is 11.8 Å². The normalized spacial score (nSPS) is 15.1. The molecule has 0 spiro atoms. The van der Waals surface area contributed by atoms with Gasteiger partial charge < -0.3 is 10.6 Å². The summed E-state index contributed by atoms with van der Waals surface area (Å²) in [5, 5.41) is 12.4. The molecule has 0 saturated heterocycles. The van der Waals surface area contributed by atoms with Crippen molar-refractivity contribution in [1.29, 1.82) is 0 Å². The van der Waals surface area contributed by atoms with Gasteiger partial charge in [-0.3, -0.25) is 24.2 Å². The summed E-state index contributed by atoms with van der Waals surface area (Å²) < 4.78 is 1.87. The lowest BCUT2D eigenvalue weighted by atomic mass is 9.90. The van der Waals surface area contributed by atoms with Crippen molar-refractivity contribution in [1.82, 2.24) is 25.1 Å². The highest BCUT2D eigenvalue weighted by molar-refractivity contribution is 7.13. The molecule has 5 rings (SSSR count). The third-order valence-corrected chi connectivity index (χ3v) is 6.25. The summed E-state index contributed by atoms with van der Waals surface area (Å²) in [5.74, 6) is -0.805. The van der Waals surface area contributed by atoms with Crippen LogP contribution >= 0.6 is 11.3 Å². The van der Waals surface area contributed by atoms with E-state index in [1.165, 1.54) is 0 Å². The van der Waals surface area contributed by atoms with Gasteiger partial charge in [-0.2, -0.15) is 5.10 Å². The second-order valence-corrected chi connectivity index (χ2v) is 8.33. The van der Waals surface area contributed by atoms with Crippen molar-refractivity contribution in [3.63, 3.8) is 0 Å². The van der Waals surface area contributed by atoms with Crippen molar-refractivity contribution in [2.75, 3.05) is 11.9 Å². The number of para-hydroxylation sites is 1. The van der Waals surface area contributed by atoms with Crippen molar-refractivity contribution in [2.45, 2.75) is 18.9 Å². The highest BCUT2D eigenvalue weighted by Gasteiger charge is 2.30. The zero-order valence-corrected chi connectivity index (χ0v) is 17.9. The molecule has 9 heteroatoms. The van der Waals surface area contributed by atoms with Crippen LogP contribution < -0.4 is 10.6 Å². The minimum absolute atomic E-state index is 0.141. The van der Waals surface area contributed by atoms with Gasteiger partial charge in [-0.1, -0.05) is 24.3 Å². The third kappa shape index (κ3) is 3.90. The Labute approximate surface area is 188 Å². The zero-order chi connectivity index (χ0) is 21.9. The van der Waals surface area contributed by atoms with Crippen LogP contribution in [0, 0.1) is 0 Å². The van der Waals surface area contributed by atoms with E-state index in [1.54, 1.807) is 36.1 Å². The number of aromatic nitrogens is 4. The van der Waals surface area contributed by atoms with Crippen LogP contribution in [0.25, 0.3) is 21.8 Å². The summed E-state index contributed by atoms with van der Waals surface area (Å²) in [5.41, 5.74) is 4.12. The second kappa shape index (κ2) is 8.72. The van der Waals surface area contributed by atoms with E-state index in [2.05, 4.69) is 25.7 Å². The summed E-state index contributed by atoms with van der Waals surface area (Å²) in [6, 6.07) is 11.4. The Morgan fingerprint density at radius 3 is 2.91 bits per heavy atom. The van der Waals surface area contributed by atoms with Gasteiger partial charge in [-0.05, 0) is 23.1 Å². The Morgan fingerprint density at radius 2 is 2.09 bits per heavy atom. The van der Waals surface area contributed by atoms with E-state index in [0.29, 0.717) is 18.8 Å². The number of nitrogens with zero attached hydrogens (tertiary/aromatic N) is 4. The molecule has 32 heavy (non-hydrogen) atoms. The average Bonchev–Trinajstić information content (AvgIpc) is 3.49. The Morgan fingerprint density at radius 1 is 1.19 bits per heavy atom. The van der Waals surface area contributed by atoms with Gasteiger partial charge in [0.25, 0.3) is 0 Å². The molecule has 0 aliphatic carbocycles. The van der Waals surface area contributed by atoms with Crippen LogP contribution in [0.3, 0.4) is 0 Å². The molecule has 0 radical (unpaired) electrons. The van der Waals surface area contributed by atoms with Gasteiger partial charge in [-0.25, -0.2) is 0 Å². The standard InChI is InChI=1S/C23H20N6O2S/c30-21-12-16(15-4-1-2-5-18(15)28-21)23(31)26-9-10-29-22(20-6-3-11-32-20)17(13-27-29)19-14-24-7-8-25-19/h1-8,11,13-14,16H,9-10,12H2,(H,26,31)(H,28,30)/t16-/m0/s1. The Bertz CT molecular complexity index is 1250. The number of benzene rings is 1. The average molecular weight is 445 g/mol. The lowest BCUT2D eigenvalue weighted by Crippen LogP contribution is -2.36. The van der Waals surface area contributed by atoms with E-state index >= 15 is 0 Å². The molecule has 0 bridgehead atoms. The molecule has 0 fully saturated rings. The highest BCUT2D eigenvalue weighted by atomic mass is 32.1. The number of carbonyl (C=O) groups excluding carboxylic acids is 2. The molecule has 2 amide bonds. The van der Waals surface area contributed by atoms with Gasteiger partial charge in [-0.15, -0.1) is 11.3 Å². The van der Waals surface area contributed by atoms with Crippen molar-refractivity contribution in [2.24, 2.45) is 0 Å². The fraction of sp³-hybridized carbons (Fsp3) is 0.174. The van der Waals surface area contributed by atoms with Gasteiger partial charge in [0.05, 0.1) is 41.1 Å². The Kier molecular flexibility index (Phi) is 5.47. The number of hydrogen-bond acceptors (Lipinski definition) is 6. The number of rotatable bonds is 6. The lowest BCUT2D eigenvalue weighted by molar-refractivity contribution is -0.126. The molecule has 0 unspecified atom stereocenters. The van der Waals surface area contributed by atoms with Gasteiger partial charge in [0.15, 0.2) is 0 Å². The first-order chi connectivity index (χ1) is 15.7. The van der Waals surface area contributed by atoms with Crippen molar-refractivity contribution in [3.05, 3.63) is 72.1 Å². The molecule has 2 N–H and O–H groups in total. The number of carbonyl (C=O) groups is 2. The molecule has 8 nitrogen and oxygen atoms in total. The van der Waals surface area contributed by atoms with Crippen molar-refractivity contribution < 1.29 is 9.59 Å². The summed E-state index contributed by atoms with van der Waals surface area (Å²) >= 11 is 1.62. The minimum Gasteiger partial charge on any atom is -0.354 e. The van der Waals surface area contributed by atoms with Crippen LogP contribution in [-0.4, -0.2) is 38.1 Å². The summed E-state index contributed by atoms with van der Waals surface area (Å²) in [7, 11) is 0. The monoisotopic (exact) mass is 444 g/mol. The molecular weight excluding hydrogens is 424 g/mol. The quantitative estimate of drug-likeness (QED) is 0.475. The van der Waals surface area contributed by atoms with Gasteiger partial charge >= 0.3 is 0 Å². The third-order valence-electron chi connectivity index (χ3n) is 5.37. The van der Waals surface area contributed by atoms with E-state index < -0.39 is 5.92 Å². The molecule has 1 aliphatic heterocycles. The molecule has 3 aromatic heterocycles. The maximum absolute atomic E-state index is 12.9. The first-order valence-corrected chi connectivity index (χ1v) is 11.1. The first-order valence-electron chi connectivity index (χ1n) is 10.2. The predicted molar refractivity (Wildman–Crippen MR) is 122 cm³/mol. The fourth-order valence-electron chi connectivity index (χ4n) is 3.91. The predicted octanol–water partition coefficient (Wildman–Crippen LogP) is 3.31. The zero-order valence-electron chi connectivity index (χ0n) is 17.1. The molecular formula is C23H20N6O2S. The maximum atomic E-state index is 12.9. The largest absolute Gasteiger partial charge is 0.354 e. The van der Waals surface area contributed by atoms with Crippen LogP contribution in [0.15, 0.2) is 66.6 Å². The number of fused-ring (bicyclic) bond motifs is 1. The molecule has 1 aliphatic rings. The molecule has 4 aromatic rings. The van der Waals surface area contributed by atoms with Crippen LogP contribution in [0.5, 0.6) is 0 Å². The summed E-state index contributed by atoms with van der Waals surface area (Å²) in [4.78, 5) is 34.6. The Hall–Kier alpha value is -3.85. The number of hydrogen-bond donors (Lipinski definition) is 2. The SMILES string of the molecule is O=C1C[C@H](C(=O)NCCn2ncc(-c3cnccn3)c2-c2cccs2)c2ccccc2N1. The van der Waals surface area contributed by atoms with E-state index in [1.807, 2.05) is 46.5 Å². The lowest BCUT2D eigenvalue weighted by Gasteiger charge is -2.24. The topological polar surface area (TPSA) is 102 Å². The van der Waals surface area contributed by atoms with Crippen molar-refractivity contribution in [3.8, 4) is 21.8 Å². The molecule has 1 atom stereocenters. The molecule has 4 heterocycles. The number of anilines is 1. The second-order valence-electron chi connectivity index (χ2n) is 7.38. The van der Waals surface area contributed by atoms with Crippen LogP contribution in [-0.2, 0) is 16.1 Å². The van der Waals surface area contributed by atoms with Crippen LogP contribution in [0.2, 0.25) is 0 Å². The van der Waals surface area contributed by atoms with Gasteiger partial charge in [0, 0.05) is 36.6 Å². The summed E-state index contributed by atoms with van der Waals surface area (Å²) in [6.07, 6.45) is 6.93. The Balaban J connectivity index is 1.33. The highest BCUT2D eigenvalue weighted by Crippen LogP contribution is 2.34. The maximum Gasteiger partial charge on any atom is 0.228 e. The van der Waals surface area contributed by atoms with E-state index in [-0.39, 0.29) is 18.2 Å². The van der Waals surface area contributed by atoms with Gasteiger partial charge in [0.1, 0.15) is 0 Å². The van der Waals surface area contributed by atoms with E-state index in [0.717, 1.165) is 27.4 Å². The fourth-order valence-corrected chi connectivity index (χ4v) is 4.70. The number of thiophene rings is 1. The molecule has 0 saturated carbocycles. The first kappa shape index (κ1) is 20.1. The van der Waals surface area contributed by atoms with E-state index in [9.17, 15) is 9.59 Å². The molecule has 160 valence electrons. The van der Waals surface area contributed by atoms with E-state index in [4.69, 9.17) is 0 Å². The number of amides is 2. The van der Waals surface area contributed by atoms with Crippen LogP contribution in [0.1, 0.15) is 17.9 Å². The minimum atomic E-state index is -0.496. The number of nitrogens with one attached hydrogen (secondary N) is 2. The smallest absolute Gasteiger partial charge is 0.228 e. The summed E-state index contributed by atoms with van der Waals surface area (Å²) in [6.45, 7) is 0.874. The molecule has 1 aromatic carbocycles. The van der Waals surface area contributed by atoms with Crippen molar-refractivity contribution >= 4 is 28.8 Å².